The summed E-state index contributed by atoms with van der Waals surface area (Å²) in [6.07, 6.45) is 2.41. The zero-order valence-electron chi connectivity index (χ0n) is 15.9. The van der Waals surface area contributed by atoms with Crippen molar-refractivity contribution in [1.82, 2.24) is 13.5 Å². The molecule has 0 bridgehead atoms. The van der Waals surface area contributed by atoms with Crippen LogP contribution in [0.3, 0.4) is 0 Å². The number of carbonyl (C=O) groups excluding carboxylic acids is 1. The third kappa shape index (κ3) is 3.52. The molecule has 1 amide bonds. The number of carbonyl (C=O) groups is 1. The summed E-state index contributed by atoms with van der Waals surface area (Å²) in [4.78, 5) is 14.9. The van der Waals surface area contributed by atoms with E-state index in [9.17, 15) is 13.2 Å². The standard InChI is InChI=1S/C19H29N3O3S/c1-4-21-15-19(10-12-22(13-11-19)26(24,25)20(2)3)14-17(18(21)23)16-8-6-5-7-9-16/h5-9,17H,4,10-15H2,1-3H3/t17-/m0/s1. The zero-order chi connectivity index (χ0) is 18.9. The van der Waals surface area contributed by atoms with Gasteiger partial charge in [0.05, 0.1) is 5.92 Å². The van der Waals surface area contributed by atoms with Crippen molar-refractivity contribution in [2.75, 3.05) is 40.3 Å². The van der Waals surface area contributed by atoms with Crippen LogP contribution in [0.25, 0.3) is 0 Å². The molecule has 3 rings (SSSR count). The Morgan fingerprint density at radius 2 is 1.77 bits per heavy atom. The van der Waals surface area contributed by atoms with Crippen LogP contribution in [0.5, 0.6) is 0 Å². The fraction of sp³-hybridized carbons (Fsp3) is 0.632. The number of likely N-dealkylation sites (tertiary alicyclic amines) is 1. The number of likely N-dealkylation sites (N-methyl/N-ethyl adjacent to an activating group) is 1. The maximum absolute atomic E-state index is 12.9. The van der Waals surface area contributed by atoms with Gasteiger partial charge in [-0.05, 0) is 37.2 Å². The van der Waals surface area contributed by atoms with Crippen molar-refractivity contribution in [3.63, 3.8) is 0 Å². The molecule has 0 saturated carbocycles. The van der Waals surface area contributed by atoms with Gasteiger partial charge >= 0.3 is 0 Å². The molecule has 1 aromatic carbocycles. The smallest absolute Gasteiger partial charge is 0.281 e. The molecule has 0 aromatic heterocycles. The first-order valence-corrected chi connectivity index (χ1v) is 10.7. The summed E-state index contributed by atoms with van der Waals surface area (Å²) in [5, 5.41) is 0. The van der Waals surface area contributed by atoms with E-state index in [0.717, 1.165) is 31.4 Å². The monoisotopic (exact) mass is 379 g/mol. The lowest BCUT2D eigenvalue weighted by molar-refractivity contribution is -0.141. The molecule has 1 atom stereocenters. The molecule has 2 heterocycles. The largest absolute Gasteiger partial charge is 0.342 e. The SMILES string of the molecule is CCN1CC2(CCN(S(=O)(=O)N(C)C)CC2)C[C@@H](c2ccccc2)C1=O. The molecule has 1 spiro atoms. The topological polar surface area (TPSA) is 60.9 Å². The highest BCUT2D eigenvalue weighted by Crippen LogP contribution is 2.45. The highest BCUT2D eigenvalue weighted by atomic mass is 32.2. The molecule has 0 aliphatic carbocycles. The van der Waals surface area contributed by atoms with E-state index in [1.54, 1.807) is 18.4 Å². The maximum Gasteiger partial charge on any atom is 0.281 e. The highest BCUT2D eigenvalue weighted by molar-refractivity contribution is 7.86. The van der Waals surface area contributed by atoms with Crippen LogP contribution in [0.1, 0.15) is 37.7 Å². The van der Waals surface area contributed by atoms with Crippen molar-refractivity contribution in [3.8, 4) is 0 Å². The van der Waals surface area contributed by atoms with Crippen LogP contribution in [0.2, 0.25) is 0 Å². The normalized spacial score (nSPS) is 24.4. The van der Waals surface area contributed by atoms with Gasteiger partial charge in [0.2, 0.25) is 5.91 Å². The Labute approximate surface area is 157 Å². The van der Waals surface area contributed by atoms with E-state index >= 15 is 0 Å². The number of rotatable bonds is 4. The van der Waals surface area contributed by atoms with E-state index in [-0.39, 0.29) is 17.2 Å². The predicted molar refractivity (Wildman–Crippen MR) is 102 cm³/mol. The van der Waals surface area contributed by atoms with Crippen LogP contribution in [0, 0.1) is 5.41 Å². The summed E-state index contributed by atoms with van der Waals surface area (Å²) < 4.78 is 27.7. The van der Waals surface area contributed by atoms with Gasteiger partial charge in [0.15, 0.2) is 0 Å². The van der Waals surface area contributed by atoms with Crippen molar-refractivity contribution >= 4 is 16.1 Å². The summed E-state index contributed by atoms with van der Waals surface area (Å²) in [6.45, 7) is 4.50. The quantitative estimate of drug-likeness (QED) is 0.803. The lowest BCUT2D eigenvalue weighted by Gasteiger charge is -2.49. The molecular weight excluding hydrogens is 350 g/mol. The van der Waals surface area contributed by atoms with Crippen LogP contribution < -0.4 is 0 Å². The van der Waals surface area contributed by atoms with Gasteiger partial charge in [0.25, 0.3) is 10.2 Å². The van der Waals surface area contributed by atoms with Crippen LogP contribution in [-0.2, 0) is 15.0 Å². The molecule has 2 aliphatic heterocycles. The summed E-state index contributed by atoms with van der Waals surface area (Å²) >= 11 is 0. The second kappa shape index (κ2) is 7.29. The van der Waals surface area contributed by atoms with E-state index in [4.69, 9.17) is 0 Å². The molecule has 2 fully saturated rings. The summed E-state index contributed by atoms with van der Waals surface area (Å²) in [5.41, 5.74) is 1.07. The minimum atomic E-state index is -3.36. The molecule has 0 radical (unpaired) electrons. The average Bonchev–Trinajstić information content (AvgIpc) is 2.64. The lowest BCUT2D eigenvalue weighted by atomic mass is 9.68. The van der Waals surface area contributed by atoms with Crippen LogP contribution in [0.4, 0.5) is 0 Å². The molecule has 1 aromatic rings. The second-order valence-corrected chi connectivity index (χ2v) is 9.85. The maximum atomic E-state index is 12.9. The van der Waals surface area contributed by atoms with Crippen molar-refractivity contribution in [2.45, 2.75) is 32.1 Å². The molecule has 144 valence electrons. The third-order valence-electron chi connectivity index (χ3n) is 5.93. The lowest BCUT2D eigenvalue weighted by Crippen LogP contribution is -2.55. The average molecular weight is 380 g/mol. The van der Waals surface area contributed by atoms with Gasteiger partial charge < -0.3 is 4.90 Å². The van der Waals surface area contributed by atoms with Crippen molar-refractivity contribution in [2.24, 2.45) is 5.41 Å². The minimum Gasteiger partial charge on any atom is -0.342 e. The molecule has 2 saturated heterocycles. The van der Waals surface area contributed by atoms with Crippen LogP contribution >= 0.6 is 0 Å². The third-order valence-corrected chi connectivity index (χ3v) is 7.87. The van der Waals surface area contributed by atoms with Crippen molar-refractivity contribution in [3.05, 3.63) is 35.9 Å². The van der Waals surface area contributed by atoms with E-state index in [0.29, 0.717) is 19.6 Å². The van der Waals surface area contributed by atoms with E-state index < -0.39 is 10.2 Å². The van der Waals surface area contributed by atoms with Crippen molar-refractivity contribution in [1.29, 1.82) is 0 Å². The highest BCUT2D eigenvalue weighted by Gasteiger charge is 2.47. The number of benzene rings is 1. The molecule has 0 N–H and O–H groups in total. The predicted octanol–water partition coefficient (Wildman–Crippen LogP) is 1.91. The van der Waals surface area contributed by atoms with Gasteiger partial charge in [0, 0.05) is 40.3 Å². The summed E-state index contributed by atoms with van der Waals surface area (Å²) in [7, 11) is -0.219. The molecule has 6 nitrogen and oxygen atoms in total. The van der Waals surface area contributed by atoms with E-state index in [1.165, 1.54) is 4.31 Å². The zero-order valence-corrected chi connectivity index (χ0v) is 16.7. The van der Waals surface area contributed by atoms with Gasteiger partial charge in [-0.1, -0.05) is 30.3 Å². The molecule has 0 unspecified atom stereocenters. The van der Waals surface area contributed by atoms with Gasteiger partial charge in [-0.2, -0.15) is 17.0 Å². The Hall–Kier alpha value is -1.44. The number of hydrogen-bond donors (Lipinski definition) is 0. The van der Waals surface area contributed by atoms with Gasteiger partial charge in [-0.25, -0.2) is 0 Å². The molecule has 26 heavy (non-hydrogen) atoms. The summed E-state index contributed by atoms with van der Waals surface area (Å²) in [6, 6.07) is 9.98. The molecular formula is C19H29N3O3S. The van der Waals surface area contributed by atoms with Crippen LogP contribution in [-0.4, -0.2) is 68.1 Å². The van der Waals surface area contributed by atoms with Gasteiger partial charge in [-0.15, -0.1) is 0 Å². The Balaban J connectivity index is 1.81. The first kappa shape index (κ1) is 19.3. The Morgan fingerprint density at radius 3 is 2.31 bits per heavy atom. The number of nitrogens with zero attached hydrogens (tertiary/aromatic N) is 3. The van der Waals surface area contributed by atoms with E-state index in [2.05, 4.69) is 0 Å². The van der Waals surface area contributed by atoms with Crippen LogP contribution in [0.15, 0.2) is 30.3 Å². The number of amides is 1. The first-order valence-electron chi connectivity index (χ1n) is 9.30. The Morgan fingerprint density at radius 1 is 1.15 bits per heavy atom. The first-order chi connectivity index (χ1) is 12.3. The van der Waals surface area contributed by atoms with Crippen molar-refractivity contribution < 1.29 is 13.2 Å². The number of hydrogen-bond acceptors (Lipinski definition) is 3. The minimum absolute atomic E-state index is 0.00274. The summed E-state index contributed by atoms with van der Waals surface area (Å²) in [5.74, 6) is 0.0783. The van der Waals surface area contributed by atoms with Gasteiger partial charge in [0.1, 0.15) is 0 Å². The molecule has 2 aliphatic rings. The fourth-order valence-corrected chi connectivity index (χ4v) is 5.39. The van der Waals surface area contributed by atoms with Gasteiger partial charge in [-0.3, -0.25) is 4.79 Å². The van der Waals surface area contributed by atoms with E-state index in [1.807, 2.05) is 42.2 Å². The second-order valence-electron chi connectivity index (χ2n) is 7.71. The fourth-order valence-electron chi connectivity index (χ4n) is 4.29. The number of piperidine rings is 2. The molecule has 7 heteroatoms. The Bertz CT molecular complexity index is 741. The Kier molecular flexibility index (Phi) is 5.42.